The lowest BCUT2D eigenvalue weighted by molar-refractivity contribution is -0.131. The fourth-order valence-corrected chi connectivity index (χ4v) is 1.92. The molecule has 4 N–H and O–H groups in total. The first-order valence-corrected chi connectivity index (χ1v) is 7.68. The van der Waals surface area contributed by atoms with Gasteiger partial charge in [-0.05, 0) is 42.8 Å². The summed E-state index contributed by atoms with van der Waals surface area (Å²) in [5.74, 6) is -0.582. The van der Waals surface area contributed by atoms with E-state index in [0.29, 0.717) is 29.2 Å². The van der Waals surface area contributed by atoms with Gasteiger partial charge in [-0.15, -0.1) is 0 Å². The molecule has 2 aromatic rings. The summed E-state index contributed by atoms with van der Waals surface area (Å²) in [6.07, 6.45) is 2.44. The van der Waals surface area contributed by atoms with Gasteiger partial charge < -0.3 is 25.4 Å². The van der Waals surface area contributed by atoms with E-state index < -0.39 is 11.9 Å². The Morgan fingerprint density at radius 2 is 1.85 bits per heavy atom. The van der Waals surface area contributed by atoms with Gasteiger partial charge in [0.25, 0.3) is 5.91 Å². The molecular formula is C19H21NO6. The van der Waals surface area contributed by atoms with Crippen LogP contribution in [0.2, 0.25) is 0 Å². The van der Waals surface area contributed by atoms with Gasteiger partial charge in [-0.1, -0.05) is 18.2 Å². The Balaban J connectivity index is 0.000000263. The van der Waals surface area contributed by atoms with Crippen LogP contribution in [-0.4, -0.2) is 35.8 Å². The second kappa shape index (κ2) is 10.4. The third-order valence-corrected chi connectivity index (χ3v) is 3.07. The van der Waals surface area contributed by atoms with Crippen LogP contribution in [0, 0.1) is 0 Å². The molecule has 0 aliphatic heterocycles. The molecule has 138 valence electrons. The van der Waals surface area contributed by atoms with Gasteiger partial charge in [-0.3, -0.25) is 4.79 Å². The first-order chi connectivity index (χ1) is 12.4. The summed E-state index contributed by atoms with van der Waals surface area (Å²) >= 11 is 0. The van der Waals surface area contributed by atoms with Gasteiger partial charge in [-0.25, -0.2) is 4.79 Å². The molecule has 7 nitrogen and oxygen atoms in total. The standard InChI is InChI=1S/C10H10O4.C9H11NO2/c1-14-9-6-7(2-4-8(9)11)3-5-10(12)13;1-2-12-8-6-4-3-5-7(8)9(10)11/h2-6,11H,1H3,(H,12,13);3-6H,2H2,1H3,(H2,10,11)/b5-3+;. The van der Waals surface area contributed by atoms with Crippen molar-refractivity contribution in [3.8, 4) is 17.2 Å². The molecule has 2 rings (SSSR count). The molecule has 0 radical (unpaired) electrons. The fourth-order valence-electron chi connectivity index (χ4n) is 1.92. The van der Waals surface area contributed by atoms with Crippen LogP contribution in [0.3, 0.4) is 0 Å². The average molecular weight is 359 g/mol. The Hall–Kier alpha value is -3.48. The number of phenols is 1. The molecule has 0 aromatic heterocycles. The molecule has 0 heterocycles. The first-order valence-electron chi connectivity index (χ1n) is 7.68. The van der Waals surface area contributed by atoms with Crippen molar-refractivity contribution in [2.75, 3.05) is 13.7 Å². The highest BCUT2D eigenvalue weighted by atomic mass is 16.5. The zero-order valence-corrected chi connectivity index (χ0v) is 14.5. The molecule has 7 heteroatoms. The van der Waals surface area contributed by atoms with E-state index in [9.17, 15) is 14.7 Å². The van der Waals surface area contributed by atoms with Gasteiger partial charge in [0.2, 0.25) is 0 Å². The van der Waals surface area contributed by atoms with E-state index in [4.69, 9.17) is 20.3 Å². The Morgan fingerprint density at radius 1 is 1.15 bits per heavy atom. The topological polar surface area (TPSA) is 119 Å². The van der Waals surface area contributed by atoms with E-state index in [1.165, 1.54) is 19.3 Å². The molecule has 0 aliphatic rings. The smallest absolute Gasteiger partial charge is 0.328 e. The lowest BCUT2D eigenvalue weighted by Gasteiger charge is -2.05. The monoisotopic (exact) mass is 359 g/mol. The van der Waals surface area contributed by atoms with Crippen LogP contribution in [-0.2, 0) is 4.79 Å². The highest BCUT2D eigenvalue weighted by Crippen LogP contribution is 2.26. The number of carbonyl (C=O) groups excluding carboxylic acids is 1. The van der Waals surface area contributed by atoms with E-state index in [1.807, 2.05) is 6.92 Å². The normalized spacial score (nSPS) is 9.92. The third kappa shape index (κ3) is 6.56. The fraction of sp³-hybridized carbons (Fsp3) is 0.158. The lowest BCUT2D eigenvalue weighted by Crippen LogP contribution is -2.12. The van der Waals surface area contributed by atoms with Crippen LogP contribution in [0.15, 0.2) is 48.5 Å². The summed E-state index contributed by atoms with van der Waals surface area (Å²) in [5.41, 5.74) is 6.21. The number of benzene rings is 2. The highest BCUT2D eigenvalue weighted by molar-refractivity contribution is 5.95. The minimum Gasteiger partial charge on any atom is -0.504 e. The number of ether oxygens (including phenoxy) is 2. The predicted molar refractivity (Wildman–Crippen MR) is 97.5 cm³/mol. The van der Waals surface area contributed by atoms with Crippen LogP contribution in [0.25, 0.3) is 6.08 Å². The molecule has 0 saturated heterocycles. The Labute approximate surface area is 151 Å². The molecule has 0 bridgehead atoms. The van der Waals surface area contributed by atoms with Crippen molar-refractivity contribution in [3.63, 3.8) is 0 Å². The summed E-state index contributed by atoms with van der Waals surface area (Å²) in [6, 6.07) is 11.5. The number of aliphatic carboxylic acids is 1. The van der Waals surface area contributed by atoms with E-state index >= 15 is 0 Å². The number of rotatable bonds is 6. The lowest BCUT2D eigenvalue weighted by atomic mass is 10.2. The van der Waals surface area contributed by atoms with Crippen LogP contribution in [0.5, 0.6) is 17.2 Å². The maximum absolute atomic E-state index is 10.8. The zero-order valence-electron chi connectivity index (χ0n) is 14.5. The molecule has 0 aliphatic carbocycles. The molecule has 1 amide bonds. The summed E-state index contributed by atoms with van der Waals surface area (Å²) in [5, 5.41) is 17.6. The second-order valence-corrected chi connectivity index (χ2v) is 4.90. The van der Waals surface area contributed by atoms with Crippen LogP contribution < -0.4 is 15.2 Å². The van der Waals surface area contributed by atoms with Crippen molar-refractivity contribution in [1.82, 2.24) is 0 Å². The van der Waals surface area contributed by atoms with Crippen LogP contribution in [0.1, 0.15) is 22.8 Å². The largest absolute Gasteiger partial charge is 0.504 e. The number of carboxylic acid groups (broad SMARTS) is 1. The zero-order chi connectivity index (χ0) is 19.5. The summed E-state index contributed by atoms with van der Waals surface area (Å²) in [6.45, 7) is 2.39. The van der Waals surface area contributed by atoms with Gasteiger partial charge >= 0.3 is 5.97 Å². The van der Waals surface area contributed by atoms with Gasteiger partial charge in [0, 0.05) is 6.08 Å². The van der Waals surface area contributed by atoms with Crippen LogP contribution in [0.4, 0.5) is 0 Å². The van der Waals surface area contributed by atoms with Crippen molar-refractivity contribution in [3.05, 3.63) is 59.7 Å². The first kappa shape index (κ1) is 20.6. The number of nitrogens with two attached hydrogens (primary N) is 1. The minimum atomic E-state index is -1.02. The summed E-state index contributed by atoms with van der Waals surface area (Å²) in [7, 11) is 1.43. The number of para-hydroxylation sites is 1. The number of hydrogen-bond acceptors (Lipinski definition) is 5. The Morgan fingerprint density at radius 3 is 2.42 bits per heavy atom. The number of methoxy groups -OCH3 is 1. The predicted octanol–water partition coefficient (Wildman–Crippen LogP) is 2.68. The average Bonchev–Trinajstić information content (AvgIpc) is 2.62. The number of hydrogen-bond donors (Lipinski definition) is 3. The molecule has 26 heavy (non-hydrogen) atoms. The Kier molecular flexibility index (Phi) is 8.22. The van der Waals surface area contributed by atoms with E-state index in [1.54, 1.807) is 36.4 Å². The molecule has 0 saturated carbocycles. The number of carbonyl (C=O) groups is 2. The number of phenolic OH excluding ortho intramolecular Hbond substituents is 1. The Bertz CT molecular complexity index is 785. The van der Waals surface area contributed by atoms with Gasteiger partial charge in [0.05, 0.1) is 19.3 Å². The molecule has 0 fully saturated rings. The molecular weight excluding hydrogens is 338 g/mol. The quantitative estimate of drug-likeness (QED) is 0.682. The summed E-state index contributed by atoms with van der Waals surface area (Å²) in [4.78, 5) is 21.1. The van der Waals surface area contributed by atoms with Gasteiger partial charge in [0.1, 0.15) is 5.75 Å². The van der Waals surface area contributed by atoms with E-state index in [0.717, 1.165) is 6.08 Å². The number of carboxylic acids is 1. The maximum atomic E-state index is 10.8. The van der Waals surface area contributed by atoms with Crippen molar-refractivity contribution in [1.29, 1.82) is 0 Å². The molecule has 0 spiro atoms. The number of amides is 1. The summed E-state index contributed by atoms with van der Waals surface area (Å²) < 4.78 is 10.1. The highest BCUT2D eigenvalue weighted by Gasteiger charge is 2.06. The van der Waals surface area contributed by atoms with Crippen molar-refractivity contribution < 1.29 is 29.3 Å². The van der Waals surface area contributed by atoms with Crippen molar-refractivity contribution in [2.24, 2.45) is 5.73 Å². The molecule has 0 atom stereocenters. The maximum Gasteiger partial charge on any atom is 0.328 e. The number of aromatic hydroxyl groups is 1. The number of primary amides is 1. The minimum absolute atomic E-state index is 0.0278. The van der Waals surface area contributed by atoms with E-state index in [-0.39, 0.29) is 5.75 Å². The van der Waals surface area contributed by atoms with Crippen molar-refractivity contribution in [2.45, 2.75) is 6.92 Å². The molecule has 0 unspecified atom stereocenters. The van der Waals surface area contributed by atoms with E-state index in [2.05, 4.69) is 0 Å². The SMILES string of the molecule is CCOc1ccccc1C(N)=O.COc1cc(/C=C/C(=O)O)ccc1O. The van der Waals surface area contributed by atoms with Gasteiger partial charge in [0.15, 0.2) is 11.5 Å². The molecule has 2 aromatic carbocycles. The van der Waals surface area contributed by atoms with Gasteiger partial charge in [-0.2, -0.15) is 0 Å². The second-order valence-electron chi connectivity index (χ2n) is 4.90. The third-order valence-electron chi connectivity index (χ3n) is 3.07. The van der Waals surface area contributed by atoms with Crippen LogP contribution >= 0.6 is 0 Å². The van der Waals surface area contributed by atoms with Crippen molar-refractivity contribution >= 4 is 18.0 Å².